The smallest absolute Gasteiger partial charge is 0.294 e. The number of oxazole rings is 1. The summed E-state index contributed by atoms with van der Waals surface area (Å²) in [5.41, 5.74) is 1.81. The molecule has 0 radical (unpaired) electrons. The number of aryl methyl sites for hydroxylation is 1. The first-order chi connectivity index (χ1) is 10.2. The number of carbonyl (C=O) groups excluding carboxylic acids is 1. The van der Waals surface area contributed by atoms with Crippen LogP contribution in [0.25, 0.3) is 20.4 Å². The molecule has 21 heavy (non-hydrogen) atoms. The molecule has 104 valence electrons. The molecule has 0 spiro atoms. The number of nitrogens with zero attached hydrogens (tertiary/aromatic N) is 3. The zero-order valence-electron chi connectivity index (χ0n) is 10.8. The van der Waals surface area contributed by atoms with Gasteiger partial charge in [0.25, 0.3) is 5.91 Å². The van der Waals surface area contributed by atoms with Crippen LogP contribution >= 0.6 is 22.7 Å². The average Bonchev–Trinajstić information content (AvgIpc) is 3.14. The summed E-state index contributed by atoms with van der Waals surface area (Å²) in [5.74, 6) is -0.198. The molecule has 0 fully saturated rings. The summed E-state index contributed by atoms with van der Waals surface area (Å²) >= 11 is 3.06. The lowest BCUT2D eigenvalue weighted by molar-refractivity contribution is 0.0996. The van der Waals surface area contributed by atoms with Gasteiger partial charge in [0, 0.05) is 0 Å². The number of amides is 1. The maximum Gasteiger partial charge on any atom is 0.294 e. The van der Waals surface area contributed by atoms with Gasteiger partial charge in [-0.1, -0.05) is 11.3 Å². The van der Waals surface area contributed by atoms with E-state index in [9.17, 15) is 4.79 Å². The number of carbonyl (C=O) groups is 1. The summed E-state index contributed by atoms with van der Waals surface area (Å²) in [5, 5.41) is 4.27. The molecule has 3 heterocycles. The molecule has 4 rings (SSSR count). The minimum Gasteiger partial charge on any atom is -0.438 e. The fraction of sp³-hybridized carbons (Fsp3) is 0.0769. The summed E-state index contributed by atoms with van der Waals surface area (Å²) in [6, 6.07) is 3.86. The van der Waals surface area contributed by atoms with Crippen LogP contribution in [-0.4, -0.2) is 20.9 Å². The van der Waals surface area contributed by atoms with Gasteiger partial charge in [0.1, 0.15) is 0 Å². The number of hydrogen-bond acceptors (Lipinski definition) is 7. The van der Waals surface area contributed by atoms with E-state index in [0.717, 1.165) is 25.4 Å². The van der Waals surface area contributed by atoms with E-state index in [-0.39, 0.29) is 11.7 Å². The lowest BCUT2D eigenvalue weighted by Gasteiger charge is -1.95. The molecule has 0 saturated heterocycles. The minimum absolute atomic E-state index is 0.160. The van der Waals surface area contributed by atoms with Crippen LogP contribution in [0.4, 0.5) is 5.13 Å². The Balaban J connectivity index is 1.76. The summed E-state index contributed by atoms with van der Waals surface area (Å²) in [4.78, 5) is 24.5. The van der Waals surface area contributed by atoms with Crippen molar-refractivity contribution in [2.24, 2.45) is 0 Å². The summed E-state index contributed by atoms with van der Waals surface area (Å²) in [7, 11) is 0. The van der Waals surface area contributed by atoms with Gasteiger partial charge in [-0.2, -0.15) is 0 Å². The Morgan fingerprint density at radius 1 is 1.19 bits per heavy atom. The Hall–Kier alpha value is -2.32. The highest BCUT2D eigenvalue weighted by molar-refractivity contribution is 7.28. The number of anilines is 1. The van der Waals surface area contributed by atoms with Gasteiger partial charge in [-0.25, -0.2) is 15.0 Å². The number of fused-ring (bicyclic) bond motifs is 3. The molecule has 1 aromatic carbocycles. The first-order valence-corrected chi connectivity index (χ1v) is 7.70. The third-order valence-electron chi connectivity index (χ3n) is 2.90. The largest absolute Gasteiger partial charge is 0.438 e. The molecule has 4 aromatic rings. The zero-order valence-corrected chi connectivity index (χ0v) is 12.4. The summed E-state index contributed by atoms with van der Waals surface area (Å²) in [6.45, 7) is 1.98. The fourth-order valence-electron chi connectivity index (χ4n) is 2.02. The van der Waals surface area contributed by atoms with Gasteiger partial charge in [-0.3, -0.25) is 10.1 Å². The van der Waals surface area contributed by atoms with Crippen molar-refractivity contribution in [1.82, 2.24) is 15.0 Å². The van der Waals surface area contributed by atoms with Crippen LogP contribution in [0, 0.1) is 6.92 Å². The highest BCUT2D eigenvalue weighted by Crippen LogP contribution is 2.35. The average molecular weight is 316 g/mol. The topological polar surface area (TPSA) is 80.9 Å². The van der Waals surface area contributed by atoms with Gasteiger partial charge >= 0.3 is 0 Å². The van der Waals surface area contributed by atoms with Crippen LogP contribution in [0.3, 0.4) is 0 Å². The summed E-state index contributed by atoms with van der Waals surface area (Å²) < 4.78 is 7.09. The van der Waals surface area contributed by atoms with Gasteiger partial charge < -0.3 is 4.42 Å². The van der Waals surface area contributed by atoms with Gasteiger partial charge in [0.2, 0.25) is 5.76 Å². The molecule has 6 nitrogen and oxygen atoms in total. The standard InChI is InChI=1S/C13H8N4O2S2/c1-6-15-7-2-3-8-11(10(7)20-6)21-13(16-8)17-12(18)9-4-14-5-19-9/h2-5H,1H3,(H,16,17,18). The first kappa shape index (κ1) is 12.4. The Morgan fingerprint density at radius 3 is 2.71 bits per heavy atom. The van der Waals surface area contributed by atoms with Crippen LogP contribution in [0.2, 0.25) is 0 Å². The van der Waals surface area contributed by atoms with Crippen molar-refractivity contribution >= 4 is 54.1 Å². The first-order valence-electron chi connectivity index (χ1n) is 6.07. The maximum atomic E-state index is 11.9. The molecule has 1 N–H and O–H groups in total. The van der Waals surface area contributed by atoms with E-state index in [0.29, 0.717) is 5.13 Å². The van der Waals surface area contributed by atoms with Crippen molar-refractivity contribution in [1.29, 1.82) is 0 Å². The predicted octanol–water partition coefficient (Wildman–Crippen LogP) is 3.45. The van der Waals surface area contributed by atoms with Crippen LogP contribution in [0.1, 0.15) is 15.6 Å². The van der Waals surface area contributed by atoms with Crippen molar-refractivity contribution in [3.63, 3.8) is 0 Å². The third-order valence-corrected chi connectivity index (χ3v) is 5.03. The van der Waals surface area contributed by atoms with E-state index in [1.54, 1.807) is 11.3 Å². The highest BCUT2D eigenvalue weighted by Gasteiger charge is 2.14. The van der Waals surface area contributed by atoms with Crippen LogP contribution in [0.15, 0.2) is 29.1 Å². The maximum absolute atomic E-state index is 11.9. The second-order valence-electron chi connectivity index (χ2n) is 4.33. The molecule has 8 heteroatoms. The minimum atomic E-state index is -0.358. The third kappa shape index (κ3) is 2.08. The van der Waals surface area contributed by atoms with E-state index in [1.807, 2.05) is 19.1 Å². The molecule has 0 aliphatic heterocycles. The molecule has 0 atom stereocenters. The van der Waals surface area contributed by atoms with Crippen molar-refractivity contribution in [3.8, 4) is 0 Å². The molecule has 0 unspecified atom stereocenters. The van der Waals surface area contributed by atoms with Gasteiger partial charge in [0.15, 0.2) is 11.5 Å². The van der Waals surface area contributed by atoms with Gasteiger partial charge in [0.05, 0.1) is 31.6 Å². The molecular weight excluding hydrogens is 308 g/mol. The van der Waals surface area contributed by atoms with E-state index in [2.05, 4.69) is 20.3 Å². The number of aromatic nitrogens is 3. The van der Waals surface area contributed by atoms with E-state index in [1.165, 1.54) is 23.9 Å². The molecular formula is C13H8N4O2S2. The van der Waals surface area contributed by atoms with Gasteiger partial charge in [-0.15, -0.1) is 11.3 Å². The van der Waals surface area contributed by atoms with E-state index < -0.39 is 0 Å². The number of thiazole rings is 2. The summed E-state index contributed by atoms with van der Waals surface area (Å²) in [6.07, 6.45) is 2.59. The number of benzene rings is 1. The monoisotopic (exact) mass is 316 g/mol. The molecule has 0 aliphatic carbocycles. The Labute approximate surface area is 126 Å². The fourth-order valence-corrected chi connectivity index (χ4v) is 4.03. The van der Waals surface area contributed by atoms with Crippen molar-refractivity contribution < 1.29 is 9.21 Å². The number of nitrogens with one attached hydrogen (secondary N) is 1. The van der Waals surface area contributed by atoms with E-state index in [4.69, 9.17) is 4.42 Å². The molecule has 0 saturated carbocycles. The van der Waals surface area contributed by atoms with E-state index >= 15 is 0 Å². The SMILES string of the molecule is Cc1nc2ccc3nc(NC(=O)c4cnco4)sc3c2s1. The molecule has 0 bridgehead atoms. The van der Waals surface area contributed by atoms with Crippen LogP contribution in [0.5, 0.6) is 0 Å². The van der Waals surface area contributed by atoms with Gasteiger partial charge in [-0.05, 0) is 19.1 Å². The highest BCUT2D eigenvalue weighted by atomic mass is 32.1. The molecule has 0 aliphatic rings. The quantitative estimate of drug-likeness (QED) is 0.612. The molecule has 1 amide bonds. The Kier molecular flexibility index (Phi) is 2.72. The van der Waals surface area contributed by atoms with Crippen molar-refractivity contribution in [2.75, 3.05) is 5.32 Å². The normalized spacial score (nSPS) is 11.3. The van der Waals surface area contributed by atoms with Crippen LogP contribution in [-0.2, 0) is 0 Å². The van der Waals surface area contributed by atoms with Crippen molar-refractivity contribution in [2.45, 2.75) is 6.92 Å². The second-order valence-corrected chi connectivity index (χ2v) is 6.54. The number of rotatable bonds is 2. The zero-order chi connectivity index (χ0) is 14.4. The lowest BCUT2D eigenvalue weighted by atomic mass is 10.3. The van der Waals surface area contributed by atoms with Crippen molar-refractivity contribution in [3.05, 3.63) is 35.5 Å². The second kappa shape index (κ2) is 4.61. The Morgan fingerprint density at radius 2 is 1.95 bits per heavy atom. The molecule has 3 aromatic heterocycles. The predicted molar refractivity (Wildman–Crippen MR) is 82.0 cm³/mol. The lowest BCUT2D eigenvalue weighted by Crippen LogP contribution is -2.10. The van der Waals surface area contributed by atoms with Crippen LogP contribution < -0.4 is 5.32 Å². The number of hydrogen-bond donors (Lipinski definition) is 1. The Bertz CT molecular complexity index is 955.